The van der Waals surface area contributed by atoms with Gasteiger partial charge in [0.25, 0.3) is 5.91 Å². The number of carbonyl (C=O) groups excluding carboxylic acids is 2. The highest BCUT2D eigenvalue weighted by Crippen LogP contribution is 2.19. The van der Waals surface area contributed by atoms with Gasteiger partial charge < -0.3 is 15.0 Å². The summed E-state index contributed by atoms with van der Waals surface area (Å²) in [6.45, 7) is 2.09. The summed E-state index contributed by atoms with van der Waals surface area (Å²) in [5, 5.41) is 2.73. The number of likely N-dealkylation sites (N-methyl/N-ethyl adjacent to an activating group) is 1. The predicted octanol–water partition coefficient (Wildman–Crippen LogP) is 2.47. The topological polar surface area (TPSA) is 58.6 Å². The van der Waals surface area contributed by atoms with E-state index in [0.717, 1.165) is 11.3 Å². The van der Waals surface area contributed by atoms with Gasteiger partial charge in [0.2, 0.25) is 5.91 Å². The van der Waals surface area contributed by atoms with Gasteiger partial charge in [-0.15, -0.1) is 0 Å². The summed E-state index contributed by atoms with van der Waals surface area (Å²) in [4.78, 5) is 26.2. The molecule has 0 fully saturated rings. The van der Waals surface area contributed by atoms with Gasteiger partial charge in [0.1, 0.15) is 11.8 Å². The summed E-state index contributed by atoms with van der Waals surface area (Å²) in [5.74, 6) is 0.311. The number of benzene rings is 2. The van der Waals surface area contributed by atoms with Crippen LogP contribution in [0.15, 0.2) is 54.6 Å². The zero-order valence-electron chi connectivity index (χ0n) is 14.2. The maximum absolute atomic E-state index is 12.5. The van der Waals surface area contributed by atoms with Crippen molar-refractivity contribution in [1.82, 2.24) is 10.2 Å². The SMILES string of the molecule is COc1ccccc1CN(C)C(=O)[C@H](C)NC(=O)c1ccccc1. The summed E-state index contributed by atoms with van der Waals surface area (Å²) in [6, 6.07) is 15.8. The zero-order valence-corrected chi connectivity index (χ0v) is 14.2. The number of ether oxygens (including phenoxy) is 1. The zero-order chi connectivity index (χ0) is 17.5. The van der Waals surface area contributed by atoms with E-state index in [2.05, 4.69) is 5.32 Å². The lowest BCUT2D eigenvalue weighted by molar-refractivity contribution is -0.132. The van der Waals surface area contributed by atoms with Crippen LogP contribution >= 0.6 is 0 Å². The Morgan fingerprint density at radius 2 is 1.71 bits per heavy atom. The molecule has 2 amide bonds. The van der Waals surface area contributed by atoms with E-state index in [9.17, 15) is 9.59 Å². The van der Waals surface area contributed by atoms with Crippen molar-refractivity contribution < 1.29 is 14.3 Å². The molecule has 24 heavy (non-hydrogen) atoms. The van der Waals surface area contributed by atoms with Gasteiger partial charge in [0, 0.05) is 24.7 Å². The van der Waals surface area contributed by atoms with Gasteiger partial charge in [-0.25, -0.2) is 0 Å². The van der Waals surface area contributed by atoms with Crippen LogP contribution in [0.5, 0.6) is 5.75 Å². The quantitative estimate of drug-likeness (QED) is 0.887. The molecule has 0 aliphatic heterocycles. The van der Waals surface area contributed by atoms with Crippen LogP contribution in [0.25, 0.3) is 0 Å². The molecule has 2 aromatic carbocycles. The van der Waals surface area contributed by atoms with Crippen LogP contribution in [0.4, 0.5) is 0 Å². The molecule has 0 heterocycles. The fraction of sp³-hybridized carbons (Fsp3) is 0.263. The van der Waals surface area contributed by atoms with Crippen LogP contribution in [0.1, 0.15) is 22.8 Å². The maximum Gasteiger partial charge on any atom is 0.251 e. The Balaban J connectivity index is 1.98. The summed E-state index contributed by atoms with van der Waals surface area (Å²) in [6.07, 6.45) is 0. The number of hydrogen-bond acceptors (Lipinski definition) is 3. The van der Waals surface area contributed by atoms with E-state index in [-0.39, 0.29) is 11.8 Å². The molecule has 0 aliphatic carbocycles. The molecule has 0 aliphatic rings. The molecule has 0 saturated carbocycles. The van der Waals surface area contributed by atoms with Gasteiger partial charge >= 0.3 is 0 Å². The highest BCUT2D eigenvalue weighted by molar-refractivity contribution is 5.97. The van der Waals surface area contributed by atoms with Crippen molar-refractivity contribution in [2.24, 2.45) is 0 Å². The van der Waals surface area contributed by atoms with E-state index in [1.807, 2.05) is 30.3 Å². The summed E-state index contributed by atoms with van der Waals surface area (Å²) < 4.78 is 5.30. The third kappa shape index (κ3) is 4.35. The number of nitrogens with one attached hydrogen (secondary N) is 1. The molecule has 126 valence electrons. The fourth-order valence-electron chi connectivity index (χ4n) is 2.43. The van der Waals surface area contributed by atoms with Crippen molar-refractivity contribution in [3.63, 3.8) is 0 Å². The molecular weight excluding hydrogens is 304 g/mol. The number of rotatable bonds is 6. The number of methoxy groups -OCH3 is 1. The monoisotopic (exact) mass is 326 g/mol. The molecule has 0 saturated heterocycles. The van der Waals surface area contributed by atoms with Crippen molar-refractivity contribution in [3.8, 4) is 5.75 Å². The molecule has 1 atom stereocenters. The first-order valence-electron chi connectivity index (χ1n) is 7.75. The second-order valence-corrected chi connectivity index (χ2v) is 5.57. The Morgan fingerprint density at radius 3 is 2.38 bits per heavy atom. The van der Waals surface area contributed by atoms with Crippen LogP contribution in [-0.4, -0.2) is 36.9 Å². The second-order valence-electron chi connectivity index (χ2n) is 5.57. The number of carbonyl (C=O) groups is 2. The first kappa shape index (κ1) is 17.5. The number of amides is 2. The van der Waals surface area contributed by atoms with Gasteiger partial charge in [0.15, 0.2) is 0 Å². The van der Waals surface area contributed by atoms with Crippen molar-refractivity contribution in [2.75, 3.05) is 14.2 Å². The molecule has 0 spiro atoms. The van der Waals surface area contributed by atoms with Gasteiger partial charge in [-0.1, -0.05) is 36.4 Å². The van der Waals surface area contributed by atoms with E-state index in [1.54, 1.807) is 50.2 Å². The van der Waals surface area contributed by atoms with Crippen LogP contribution in [0.3, 0.4) is 0 Å². The van der Waals surface area contributed by atoms with Crippen LogP contribution in [0.2, 0.25) is 0 Å². The van der Waals surface area contributed by atoms with Crippen LogP contribution < -0.4 is 10.1 Å². The standard InChI is InChI=1S/C19H22N2O3/c1-14(20-18(22)15-9-5-4-6-10-15)19(23)21(2)13-16-11-7-8-12-17(16)24-3/h4-12,14H,13H2,1-3H3,(H,20,22)/t14-/m0/s1. The highest BCUT2D eigenvalue weighted by Gasteiger charge is 2.20. The largest absolute Gasteiger partial charge is 0.496 e. The summed E-state index contributed by atoms with van der Waals surface area (Å²) in [5.41, 5.74) is 1.45. The number of para-hydroxylation sites is 1. The molecule has 0 aromatic heterocycles. The summed E-state index contributed by atoms with van der Waals surface area (Å²) in [7, 11) is 3.31. The Morgan fingerprint density at radius 1 is 1.08 bits per heavy atom. The van der Waals surface area contributed by atoms with E-state index in [0.29, 0.717) is 12.1 Å². The molecule has 2 aromatic rings. The maximum atomic E-state index is 12.5. The molecule has 2 rings (SSSR count). The Bertz CT molecular complexity index is 701. The molecule has 0 bridgehead atoms. The lowest BCUT2D eigenvalue weighted by Crippen LogP contribution is -2.45. The van der Waals surface area contributed by atoms with E-state index in [1.165, 1.54) is 0 Å². The third-order valence-electron chi connectivity index (χ3n) is 3.73. The fourth-order valence-corrected chi connectivity index (χ4v) is 2.43. The Labute approximate surface area is 142 Å². The van der Waals surface area contributed by atoms with E-state index >= 15 is 0 Å². The predicted molar refractivity (Wildman–Crippen MR) is 92.8 cm³/mol. The normalized spacial score (nSPS) is 11.5. The Kier molecular flexibility index (Phi) is 5.95. The second kappa shape index (κ2) is 8.15. The lowest BCUT2D eigenvalue weighted by atomic mass is 10.1. The molecule has 0 radical (unpaired) electrons. The minimum absolute atomic E-state index is 0.162. The number of nitrogens with zero attached hydrogens (tertiary/aromatic N) is 1. The molecular formula is C19H22N2O3. The lowest BCUT2D eigenvalue weighted by Gasteiger charge is -2.23. The van der Waals surface area contributed by atoms with Crippen LogP contribution in [-0.2, 0) is 11.3 Å². The van der Waals surface area contributed by atoms with Gasteiger partial charge in [-0.3, -0.25) is 9.59 Å². The van der Waals surface area contributed by atoms with Gasteiger partial charge in [-0.05, 0) is 25.1 Å². The highest BCUT2D eigenvalue weighted by atomic mass is 16.5. The number of hydrogen-bond donors (Lipinski definition) is 1. The van der Waals surface area contributed by atoms with Crippen molar-refractivity contribution in [1.29, 1.82) is 0 Å². The average molecular weight is 326 g/mol. The van der Waals surface area contributed by atoms with Gasteiger partial charge in [0.05, 0.1) is 7.11 Å². The van der Waals surface area contributed by atoms with E-state index < -0.39 is 6.04 Å². The molecule has 0 unspecified atom stereocenters. The molecule has 5 nitrogen and oxygen atoms in total. The van der Waals surface area contributed by atoms with E-state index in [4.69, 9.17) is 4.74 Å². The molecule has 1 N–H and O–H groups in total. The first-order valence-corrected chi connectivity index (χ1v) is 7.75. The smallest absolute Gasteiger partial charge is 0.251 e. The summed E-state index contributed by atoms with van der Waals surface area (Å²) >= 11 is 0. The van der Waals surface area contributed by atoms with Crippen molar-refractivity contribution in [2.45, 2.75) is 19.5 Å². The first-order chi connectivity index (χ1) is 11.5. The third-order valence-corrected chi connectivity index (χ3v) is 3.73. The minimum atomic E-state index is -0.614. The minimum Gasteiger partial charge on any atom is -0.496 e. The average Bonchev–Trinajstić information content (AvgIpc) is 2.62. The van der Waals surface area contributed by atoms with Crippen molar-refractivity contribution >= 4 is 11.8 Å². The van der Waals surface area contributed by atoms with Crippen LogP contribution in [0, 0.1) is 0 Å². The Hall–Kier alpha value is -2.82. The van der Waals surface area contributed by atoms with Gasteiger partial charge in [-0.2, -0.15) is 0 Å². The molecule has 5 heteroatoms. The van der Waals surface area contributed by atoms with Crippen molar-refractivity contribution in [3.05, 3.63) is 65.7 Å².